The molecule has 0 aromatic carbocycles. The van der Waals surface area contributed by atoms with Crippen molar-refractivity contribution in [3.05, 3.63) is 17.5 Å². The van der Waals surface area contributed by atoms with Crippen LogP contribution < -0.4 is 10.6 Å². The number of hydrogen-bond donors (Lipinski definition) is 1. The molecule has 2 rings (SSSR count). The van der Waals surface area contributed by atoms with Crippen molar-refractivity contribution in [3.8, 4) is 0 Å². The number of piperidine rings is 1. The molecular formula is C11H17ClN4. The van der Waals surface area contributed by atoms with E-state index in [4.69, 9.17) is 17.3 Å². The molecule has 1 aromatic heterocycles. The third-order valence-electron chi connectivity index (χ3n) is 3.20. The summed E-state index contributed by atoms with van der Waals surface area (Å²) in [6.07, 6.45) is 5.67. The summed E-state index contributed by atoms with van der Waals surface area (Å²) in [6.45, 7) is 3.89. The first-order chi connectivity index (χ1) is 7.70. The summed E-state index contributed by atoms with van der Waals surface area (Å²) in [7, 11) is 0. The highest BCUT2D eigenvalue weighted by Crippen LogP contribution is 2.25. The fourth-order valence-electron chi connectivity index (χ4n) is 2.16. The van der Waals surface area contributed by atoms with Gasteiger partial charge in [-0.05, 0) is 32.2 Å². The lowest BCUT2D eigenvalue weighted by atomic mass is 9.94. The molecule has 2 unspecified atom stereocenters. The van der Waals surface area contributed by atoms with Gasteiger partial charge in [-0.2, -0.15) is 0 Å². The average molecular weight is 241 g/mol. The largest absolute Gasteiger partial charge is 0.352 e. The first kappa shape index (κ1) is 11.6. The van der Waals surface area contributed by atoms with Crippen molar-refractivity contribution in [2.24, 2.45) is 11.7 Å². The summed E-state index contributed by atoms with van der Waals surface area (Å²) in [6, 6.07) is 0.482. The summed E-state index contributed by atoms with van der Waals surface area (Å²) >= 11 is 5.86. The van der Waals surface area contributed by atoms with Crippen LogP contribution in [0.5, 0.6) is 0 Å². The molecular weight excluding hydrogens is 224 g/mol. The zero-order valence-corrected chi connectivity index (χ0v) is 10.2. The standard InChI is InChI=1S/C11H17ClN4/c1-8-2-3-9(4-13)7-16(8)11-6-14-5-10(12)15-11/h5-6,8-9H,2-4,7,13H2,1H3. The van der Waals surface area contributed by atoms with Gasteiger partial charge >= 0.3 is 0 Å². The Balaban J connectivity index is 2.17. The highest BCUT2D eigenvalue weighted by molar-refractivity contribution is 6.29. The van der Waals surface area contributed by atoms with Gasteiger partial charge in [0.15, 0.2) is 0 Å². The topological polar surface area (TPSA) is 55.0 Å². The fraction of sp³-hybridized carbons (Fsp3) is 0.636. The summed E-state index contributed by atoms with van der Waals surface area (Å²) < 4.78 is 0. The molecule has 1 saturated heterocycles. The van der Waals surface area contributed by atoms with Gasteiger partial charge in [0.2, 0.25) is 0 Å². The van der Waals surface area contributed by atoms with Gasteiger partial charge in [0, 0.05) is 12.6 Å². The molecule has 1 aliphatic rings. The van der Waals surface area contributed by atoms with Gasteiger partial charge in [0.25, 0.3) is 0 Å². The van der Waals surface area contributed by atoms with Crippen LogP contribution >= 0.6 is 11.6 Å². The van der Waals surface area contributed by atoms with Gasteiger partial charge in [0.1, 0.15) is 11.0 Å². The Morgan fingerprint density at radius 1 is 1.50 bits per heavy atom. The van der Waals surface area contributed by atoms with Crippen LogP contribution in [0.1, 0.15) is 19.8 Å². The summed E-state index contributed by atoms with van der Waals surface area (Å²) in [5.41, 5.74) is 5.73. The monoisotopic (exact) mass is 240 g/mol. The highest BCUT2D eigenvalue weighted by atomic mass is 35.5. The zero-order valence-electron chi connectivity index (χ0n) is 9.43. The molecule has 0 amide bonds. The van der Waals surface area contributed by atoms with Crippen molar-refractivity contribution >= 4 is 17.4 Å². The van der Waals surface area contributed by atoms with E-state index in [0.29, 0.717) is 17.1 Å². The number of anilines is 1. The molecule has 16 heavy (non-hydrogen) atoms. The fourth-order valence-corrected chi connectivity index (χ4v) is 2.31. The molecule has 0 radical (unpaired) electrons. The van der Waals surface area contributed by atoms with E-state index in [9.17, 15) is 0 Å². The number of nitrogens with two attached hydrogens (primary N) is 1. The smallest absolute Gasteiger partial charge is 0.149 e. The van der Waals surface area contributed by atoms with Gasteiger partial charge in [-0.15, -0.1) is 0 Å². The molecule has 2 N–H and O–H groups in total. The Morgan fingerprint density at radius 2 is 2.31 bits per heavy atom. The lowest BCUT2D eigenvalue weighted by Crippen LogP contribution is -2.44. The van der Waals surface area contributed by atoms with Gasteiger partial charge in [-0.1, -0.05) is 11.6 Å². The first-order valence-electron chi connectivity index (χ1n) is 5.65. The number of aromatic nitrogens is 2. The average Bonchev–Trinajstić information content (AvgIpc) is 2.30. The van der Waals surface area contributed by atoms with Gasteiger partial charge < -0.3 is 10.6 Å². The van der Waals surface area contributed by atoms with Crippen LogP contribution in [0, 0.1) is 5.92 Å². The zero-order chi connectivity index (χ0) is 11.5. The van der Waals surface area contributed by atoms with E-state index < -0.39 is 0 Å². The maximum atomic E-state index is 5.86. The van der Waals surface area contributed by atoms with Crippen LogP contribution in [0.3, 0.4) is 0 Å². The molecule has 5 heteroatoms. The van der Waals surface area contributed by atoms with E-state index in [-0.39, 0.29) is 0 Å². The number of nitrogens with zero attached hydrogens (tertiary/aromatic N) is 3. The second-order valence-electron chi connectivity index (χ2n) is 4.38. The first-order valence-corrected chi connectivity index (χ1v) is 6.02. The summed E-state index contributed by atoms with van der Waals surface area (Å²) in [4.78, 5) is 10.6. The van der Waals surface area contributed by atoms with E-state index >= 15 is 0 Å². The molecule has 0 bridgehead atoms. The normalized spacial score (nSPS) is 25.8. The molecule has 0 spiro atoms. The van der Waals surface area contributed by atoms with Crippen molar-refractivity contribution in [2.45, 2.75) is 25.8 Å². The Morgan fingerprint density at radius 3 is 3.00 bits per heavy atom. The van der Waals surface area contributed by atoms with Crippen LogP contribution in [-0.4, -0.2) is 29.1 Å². The molecule has 0 aliphatic carbocycles. The van der Waals surface area contributed by atoms with Crippen LogP contribution in [-0.2, 0) is 0 Å². The predicted molar refractivity (Wildman–Crippen MR) is 65.6 cm³/mol. The molecule has 0 saturated carbocycles. The van der Waals surface area contributed by atoms with Crippen molar-refractivity contribution in [1.82, 2.24) is 9.97 Å². The molecule has 88 valence electrons. The van der Waals surface area contributed by atoms with E-state index in [1.54, 1.807) is 12.4 Å². The van der Waals surface area contributed by atoms with Crippen LogP contribution in [0.15, 0.2) is 12.4 Å². The van der Waals surface area contributed by atoms with E-state index in [1.807, 2.05) is 0 Å². The Labute approximate surface area is 101 Å². The number of halogens is 1. The second-order valence-corrected chi connectivity index (χ2v) is 4.77. The predicted octanol–water partition coefficient (Wildman–Crippen LogP) is 1.69. The molecule has 1 aromatic rings. The SMILES string of the molecule is CC1CCC(CN)CN1c1cncc(Cl)n1. The molecule has 1 aliphatic heterocycles. The van der Waals surface area contributed by atoms with Crippen LogP contribution in [0.25, 0.3) is 0 Å². The van der Waals surface area contributed by atoms with Crippen molar-refractivity contribution in [3.63, 3.8) is 0 Å². The van der Waals surface area contributed by atoms with Crippen LogP contribution in [0.4, 0.5) is 5.82 Å². The highest BCUT2D eigenvalue weighted by Gasteiger charge is 2.25. The summed E-state index contributed by atoms with van der Waals surface area (Å²) in [5.74, 6) is 1.41. The van der Waals surface area contributed by atoms with Gasteiger partial charge in [-0.3, -0.25) is 4.98 Å². The summed E-state index contributed by atoms with van der Waals surface area (Å²) in [5, 5.41) is 0.444. The minimum atomic E-state index is 0.444. The van der Waals surface area contributed by atoms with Gasteiger partial charge in [-0.25, -0.2) is 4.98 Å². The van der Waals surface area contributed by atoms with E-state index in [1.165, 1.54) is 6.42 Å². The minimum absolute atomic E-state index is 0.444. The second kappa shape index (κ2) is 4.97. The molecule has 4 nitrogen and oxygen atoms in total. The molecule has 2 heterocycles. The number of hydrogen-bond acceptors (Lipinski definition) is 4. The lowest BCUT2D eigenvalue weighted by molar-refractivity contribution is 0.371. The van der Waals surface area contributed by atoms with Crippen molar-refractivity contribution < 1.29 is 0 Å². The molecule has 2 atom stereocenters. The maximum absolute atomic E-state index is 5.86. The molecule has 1 fully saturated rings. The van der Waals surface area contributed by atoms with E-state index in [2.05, 4.69) is 21.8 Å². The van der Waals surface area contributed by atoms with Crippen LogP contribution in [0.2, 0.25) is 5.15 Å². The maximum Gasteiger partial charge on any atom is 0.149 e. The number of rotatable bonds is 2. The Bertz CT molecular complexity index is 358. The quantitative estimate of drug-likeness (QED) is 0.855. The third kappa shape index (κ3) is 2.44. The minimum Gasteiger partial charge on any atom is -0.352 e. The third-order valence-corrected chi connectivity index (χ3v) is 3.38. The lowest BCUT2D eigenvalue weighted by Gasteiger charge is -2.38. The van der Waals surface area contributed by atoms with Crippen molar-refractivity contribution in [1.29, 1.82) is 0 Å². The Kier molecular flexibility index (Phi) is 3.61. The Hall–Kier alpha value is -0.870. The van der Waals surface area contributed by atoms with E-state index in [0.717, 1.165) is 25.3 Å². The van der Waals surface area contributed by atoms with Crippen molar-refractivity contribution in [2.75, 3.05) is 18.0 Å². The van der Waals surface area contributed by atoms with Gasteiger partial charge in [0.05, 0.1) is 12.4 Å².